The van der Waals surface area contributed by atoms with E-state index in [2.05, 4.69) is 46.5 Å². The van der Waals surface area contributed by atoms with E-state index in [4.69, 9.17) is 23.2 Å². The summed E-state index contributed by atoms with van der Waals surface area (Å²) in [5.41, 5.74) is 0. The summed E-state index contributed by atoms with van der Waals surface area (Å²) in [5, 5.41) is 0.422. The normalized spacial score (nSPS) is 11.4. The zero-order valence-electron chi connectivity index (χ0n) is 9.44. The maximum atomic E-state index is 12.2. The van der Waals surface area contributed by atoms with Crippen molar-refractivity contribution in [3.63, 3.8) is 0 Å². The van der Waals surface area contributed by atoms with E-state index in [9.17, 15) is 8.42 Å². The molecule has 0 aliphatic rings. The van der Waals surface area contributed by atoms with Gasteiger partial charge in [0.05, 0.1) is 21.1 Å². The summed E-state index contributed by atoms with van der Waals surface area (Å²) in [6, 6.07) is 4.00. The molecule has 0 atom stereocenters. The van der Waals surface area contributed by atoms with Crippen molar-refractivity contribution in [2.24, 2.45) is 0 Å². The Morgan fingerprint density at radius 2 is 1.85 bits per heavy atom. The highest BCUT2D eigenvalue weighted by Crippen LogP contribution is 2.27. The molecule has 20 heavy (non-hydrogen) atoms. The number of sulfonamides is 1. The van der Waals surface area contributed by atoms with E-state index in [1.807, 2.05) is 0 Å². The molecular weight excluding hydrogens is 457 g/mol. The monoisotopic (exact) mass is 459 g/mol. The molecule has 0 aliphatic heterocycles. The molecule has 2 rings (SSSR count). The van der Waals surface area contributed by atoms with Crippen LogP contribution in [0.2, 0.25) is 10.0 Å². The van der Waals surface area contributed by atoms with Gasteiger partial charge in [0.1, 0.15) is 4.60 Å². The van der Waals surface area contributed by atoms with Gasteiger partial charge in [-0.25, -0.2) is 18.4 Å². The Morgan fingerprint density at radius 1 is 1.15 bits per heavy atom. The second-order valence-electron chi connectivity index (χ2n) is 3.51. The van der Waals surface area contributed by atoms with Crippen molar-refractivity contribution in [3.8, 4) is 0 Å². The Bertz CT molecular complexity index is 771. The molecule has 0 spiro atoms. The lowest BCUT2D eigenvalue weighted by atomic mass is 10.4. The van der Waals surface area contributed by atoms with Crippen molar-refractivity contribution >= 4 is 70.9 Å². The molecule has 0 saturated carbocycles. The minimum absolute atomic E-state index is 0.0245. The summed E-state index contributed by atoms with van der Waals surface area (Å²) in [7, 11) is -3.83. The lowest BCUT2D eigenvalue weighted by Gasteiger charge is -2.09. The number of hydrogen-bond acceptors (Lipinski definition) is 4. The number of rotatable bonds is 3. The Hall–Kier alpha value is -0.410. The van der Waals surface area contributed by atoms with Crippen LogP contribution in [0.5, 0.6) is 0 Å². The van der Waals surface area contributed by atoms with Gasteiger partial charge in [-0.3, -0.25) is 4.72 Å². The predicted octanol–water partition coefficient (Wildman–Crippen LogP) is 4.11. The van der Waals surface area contributed by atoms with Gasteiger partial charge in [0.25, 0.3) is 10.0 Å². The molecule has 0 amide bonds. The molecule has 10 heteroatoms. The average molecular weight is 462 g/mol. The van der Waals surface area contributed by atoms with Crippen molar-refractivity contribution < 1.29 is 8.42 Å². The lowest BCUT2D eigenvalue weighted by molar-refractivity contribution is 0.601. The van der Waals surface area contributed by atoms with Gasteiger partial charge in [0, 0.05) is 0 Å². The Morgan fingerprint density at radius 3 is 2.45 bits per heavy atom. The summed E-state index contributed by atoms with van der Waals surface area (Å²) in [5.74, 6) is 0.0688. The summed E-state index contributed by atoms with van der Waals surface area (Å²) in [6.45, 7) is 0. The van der Waals surface area contributed by atoms with Gasteiger partial charge >= 0.3 is 0 Å². The first-order valence-corrected chi connectivity index (χ1v) is 8.78. The molecule has 0 bridgehead atoms. The van der Waals surface area contributed by atoms with Gasteiger partial charge in [-0.05, 0) is 50.1 Å². The van der Waals surface area contributed by atoms with Crippen molar-refractivity contribution in [1.82, 2.24) is 9.97 Å². The highest BCUT2D eigenvalue weighted by atomic mass is 79.9. The number of benzene rings is 1. The molecule has 1 aromatic carbocycles. The van der Waals surface area contributed by atoms with Crippen molar-refractivity contribution in [1.29, 1.82) is 0 Å². The van der Waals surface area contributed by atoms with Crippen LogP contribution >= 0.6 is 55.1 Å². The predicted molar refractivity (Wildman–Crippen MR) is 84.7 cm³/mol. The van der Waals surface area contributed by atoms with E-state index in [0.717, 1.165) is 0 Å². The summed E-state index contributed by atoms with van der Waals surface area (Å²) in [6.07, 6.45) is 1.37. The molecule has 0 radical (unpaired) electrons. The van der Waals surface area contributed by atoms with Crippen LogP contribution in [-0.2, 0) is 10.0 Å². The molecule has 2 aromatic rings. The van der Waals surface area contributed by atoms with Crippen LogP contribution in [0, 0.1) is 0 Å². The zero-order valence-corrected chi connectivity index (χ0v) is 14.9. The Balaban J connectivity index is 2.38. The molecule has 106 valence electrons. The smallest absolute Gasteiger partial charge is 0.261 e. The zero-order chi connectivity index (χ0) is 14.9. The fraction of sp³-hybridized carbons (Fsp3) is 0. The highest BCUT2D eigenvalue weighted by Gasteiger charge is 2.18. The molecule has 0 unspecified atom stereocenters. The minimum atomic E-state index is -3.83. The quantitative estimate of drug-likeness (QED) is 0.746. The second kappa shape index (κ2) is 6.15. The maximum Gasteiger partial charge on any atom is 0.263 e. The molecule has 0 fully saturated rings. The standard InChI is InChI=1S/C10H5Br2Cl2N3O2S/c11-8-4-15-10(9(12)16-8)17-20(18,19)5-1-2-6(13)7(14)3-5/h1-4H,(H,15,17). The third-order valence-corrected chi connectivity index (χ3v) is 5.14. The van der Waals surface area contributed by atoms with Crippen LogP contribution in [0.15, 0.2) is 38.5 Å². The first kappa shape index (κ1) is 16.0. The van der Waals surface area contributed by atoms with Gasteiger partial charge in [-0.15, -0.1) is 0 Å². The average Bonchev–Trinajstić information content (AvgIpc) is 2.36. The minimum Gasteiger partial charge on any atom is -0.261 e. The number of nitrogens with one attached hydrogen (secondary N) is 1. The SMILES string of the molecule is O=S(=O)(Nc1ncc(Br)nc1Br)c1ccc(Cl)c(Cl)c1. The van der Waals surface area contributed by atoms with E-state index in [0.29, 0.717) is 4.60 Å². The molecule has 1 heterocycles. The Kier molecular flexibility index (Phi) is 4.91. The molecular formula is C10H5Br2Cl2N3O2S. The Labute approximate surface area is 142 Å². The maximum absolute atomic E-state index is 12.2. The van der Waals surface area contributed by atoms with E-state index in [1.54, 1.807) is 0 Å². The van der Waals surface area contributed by atoms with E-state index in [-0.39, 0.29) is 25.4 Å². The van der Waals surface area contributed by atoms with Crippen LogP contribution in [0.25, 0.3) is 0 Å². The number of hydrogen-bond donors (Lipinski definition) is 1. The number of halogens is 4. The van der Waals surface area contributed by atoms with Gasteiger partial charge in [-0.1, -0.05) is 23.2 Å². The van der Waals surface area contributed by atoms with Crippen molar-refractivity contribution in [3.05, 3.63) is 43.6 Å². The number of anilines is 1. The van der Waals surface area contributed by atoms with Gasteiger partial charge in [-0.2, -0.15) is 0 Å². The van der Waals surface area contributed by atoms with E-state index < -0.39 is 10.0 Å². The van der Waals surface area contributed by atoms with Crippen LogP contribution in [0.4, 0.5) is 5.82 Å². The third-order valence-electron chi connectivity index (χ3n) is 2.13. The first-order valence-electron chi connectivity index (χ1n) is 4.95. The lowest BCUT2D eigenvalue weighted by Crippen LogP contribution is -2.14. The third kappa shape index (κ3) is 3.62. The number of aromatic nitrogens is 2. The van der Waals surface area contributed by atoms with E-state index in [1.165, 1.54) is 24.4 Å². The molecule has 5 nitrogen and oxygen atoms in total. The first-order chi connectivity index (χ1) is 9.29. The molecule has 0 saturated heterocycles. The largest absolute Gasteiger partial charge is 0.263 e. The van der Waals surface area contributed by atoms with Crippen LogP contribution in [0.3, 0.4) is 0 Å². The summed E-state index contributed by atoms with van der Waals surface area (Å²) < 4.78 is 27.4. The summed E-state index contributed by atoms with van der Waals surface area (Å²) >= 11 is 17.8. The van der Waals surface area contributed by atoms with Crippen LogP contribution < -0.4 is 4.72 Å². The highest BCUT2D eigenvalue weighted by molar-refractivity contribution is 9.11. The fourth-order valence-electron chi connectivity index (χ4n) is 1.25. The van der Waals surface area contributed by atoms with E-state index >= 15 is 0 Å². The number of nitrogens with zero attached hydrogens (tertiary/aromatic N) is 2. The topological polar surface area (TPSA) is 72.0 Å². The van der Waals surface area contributed by atoms with Gasteiger partial charge < -0.3 is 0 Å². The van der Waals surface area contributed by atoms with Gasteiger partial charge in [0.2, 0.25) is 0 Å². The van der Waals surface area contributed by atoms with Crippen molar-refractivity contribution in [2.45, 2.75) is 4.90 Å². The van der Waals surface area contributed by atoms with Crippen LogP contribution in [0.1, 0.15) is 0 Å². The second-order valence-corrected chi connectivity index (χ2v) is 7.57. The summed E-state index contributed by atoms with van der Waals surface area (Å²) in [4.78, 5) is 7.88. The molecule has 1 aromatic heterocycles. The van der Waals surface area contributed by atoms with Crippen LogP contribution in [-0.4, -0.2) is 18.4 Å². The fourth-order valence-corrected chi connectivity index (χ4v) is 3.69. The van der Waals surface area contributed by atoms with Gasteiger partial charge in [0.15, 0.2) is 10.4 Å². The molecule has 1 N–H and O–H groups in total. The molecule has 0 aliphatic carbocycles. The van der Waals surface area contributed by atoms with Crippen molar-refractivity contribution in [2.75, 3.05) is 4.72 Å².